The number of rotatable bonds is 7. The number of nitrogens with zero attached hydrogens (tertiary/aromatic N) is 2. The Labute approximate surface area is 163 Å². The normalized spacial score (nSPS) is 15.9. The van der Waals surface area contributed by atoms with Gasteiger partial charge in [-0.25, -0.2) is 5.01 Å². The number of aliphatic carboxylic acids is 1. The summed E-state index contributed by atoms with van der Waals surface area (Å²) in [5.41, 5.74) is 2.58. The van der Waals surface area contributed by atoms with Crippen molar-refractivity contribution in [2.24, 2.45) is 5.10 Å². The first-order chi connectivity index (χ1) is 13.5. The second kappa shape index (κ2) is 8.56. The number of methoxy groups -OCH3 is 2. The fraction of sp³-hybridized carbons (Fsp3) is 0.286. The number of ether oxygens (including phenoxy) is 2. The average Bonchev–Trinajstić information content (AvgIpc) is 3.17. The van der Waals surface area contributed by atoms with Crippen molar-refractivity contribution in [3.05, 3.63) is 59.7 Å². The SMILES string of the molecule is COc1ccc(C2=NN(C(=O)CCC(=O)O)[C@H](c3ccc(OC)cc3)C2)cc1. The molecule has 0 spiro atoms. The average molecular weight is 382 g/mol. The van der Waals surface area contributed by atoms with Gasteiger partial charge in [0.15, 0.2) is 0 Å². The van der Waals surface area contributed by atoms with E-state index < -0.39 is 5.97 Å². The summed E-state index contributed by atoms with van der Waals surface area (Å²) >= 11 is 0. The molecule has 1 aliphatic heterocycles. The Bertz CT molecular complexity index is 875. The third kappa shape index (κ3) is 4.31. The summed E-state index contributed by atoms with van der Waals surface area (Å²) < 4.78 is 10.4. The number of carbonyl (C=O) groups excluding carboxylic acids is 1. The second-order valence-corrected chi connectivity index (χ2v) is 6.40. The fourth-order valence-corrected chi connectivity index (χ4v) is 3.11. The van der Waals surface area contributed by atoms with Gasteiger partial charge in [0.25, 0.3) is 0 Å². The molecule has 0 unspecified atom stereocenters. The smallest absolute Gasteiger partial charge is 0.303 e. The Hall–Kier alpha value is -3.35. The molecule has 1 N–H and O–H groups in total. The first-order valence-electron chi connectivity index (χ1n) is 8.91. The number of hydrogen-bond donors (Lipinski definition) is 1. The van der Waals surface area contributed by atoms with Crippen LogP contribution in [0.2, 0.25) is 0 Å². The topological polar surface area (TPSA) is 88.4 Å². The molecule has 1 atom stereocenters. The maximum atomic E-state index is 12.6. The Morgan fingerprint density at radius 3 is 2.11 bits per heavy atom. The van der Waals surface area contributed by atoms with E-state index in [1.165, 1.54) is 5.01 Å². The molecule has 0 aliphatic carbocycles. The van der Waals surface area contributed by atoms with Gasteiger partial charge < -0.3 is 14.6 Å². The van der Waals surface area contributed by atoms with Crippen LogP contribution in [-0.2, 0) is 9.59 Å². The lowest BCUT2D eigenvalue weighted by Crippen LogP contribution is -2.27. The highest BCUT2D eigenvalue weighted by Gasteiger charge is 2.33. The zero-order valence-corrected chi connectivity index (χ0v) is 15.8. The van der Waals surface area contributed by atoms with Crippen LogP contribution in [0.1, 0.15) is 36.4 Å². The number of hydrogen-bond acceptors (Lipinski definition) is 5. The zero-order chi connectivity index (χ0) is 20.1. The maximum absolute atomic E-state index is 12.6. The standard InChI is InChI=1S/C21H22N2O5/c1-27-16-7-3-14(4-8-16)18-13-19(15-5-9-17(28-2)10-6-15)23(22-18)20(24)11-12-21(25)26/h3-10,19H,11-13H2,1-2H3,(H,25,26)/t19-/m0/s1. The van der Waals surface area contributed by atoms with Crippen molar-refractivity contribution in [3.8, 4) is 11.5 Å². The van der Waals surface area contributed by atoms with Crippen molar-refractivity contribution in [2.45, 2.75) is 25.3 Å². The highest BCUT2D eigenvalue weighted by molar-refractivity contribution is 6.03. The predicted molar refractivity (Wildman–Crippen MR) is 104 cm³/mol. The molecule has 28 heavy (non-hydrogen) atoms. The number of carbonyl (C=O) groups is 2. The van der Waals surface area contributed by atoms with Crippen molar-refractivity contribution < 1.29 is 24.2 Å². The zero-order valence-electron chi connectivity index (χ0n) is 15.8. The van der Waals surface area contributed by atoms with Crippen LogP contribution in [0, 0.1) is 0 Å². The van der Waals surface area contributed by atoms with E-state index in [1.54, 1.807) is 14.2 Å². The molecular weight excluding hydrogens is 360 g/mol. The van der Waals surface area contributed by atoms with Crippen LogP contribution in [-0.4, -0.2) is 41.9 Å². The highest BCUT2D eigenvalue weighted by Crippen LogP contribution is 2.34. The molecule has 2 aromatic rings. The Morgan fingerprint density at radius 2 is 1.57 bits per heavy atom. The summed E-state index contributed by atoms with van der Waals surface area (Å²) in [5.74, 6) is 0.143. The van der Waals surface area contributed by atoms with Crippen LogP contribution in [0.15, 0.2) is 53.6 Å². The van der Waals surface area contributed by atoms with Crippen molar-refractivity contribution >= 4 is 17.6 Å². The molecule has 0 radical (unpaired) electrons. The third-order valence-electron chi connectivity index (χ3n) is 4.64. The largest absolute Gasteiger partial charge is 0.497 e. The lowest BCUT2D eigenvalue weighted by Gasteiger charge is -2.22. The number of benzene rings is 2. The molecule has 1 amide bonds. The molecule has 2 aromatic carbocycles. The van der Waals surface area contributed by atoms with Gasteiger partial charge in [-0.1, -0.05) is 12.1 Å². The van der Waals surface area contributed by atoms with Crippen LogP contribution >= 0.6 is 0 Å². The molecule has 0 saturated carbocycles. The van der Waals surface area contributed by atoms with Crippen LogP contribution < -0.4 is 9.47 Å². The van der Waals surface area contributed by atoms with Crippen molar-refractivity contribution in [2.75, 3.05) is 14.2 Å². The van der Waals surface area contributed by atoms with Gasteiger partial charge in [-0.3, -0.25) is 9.59 Å². The minimum atomic E-state index is -1.01. The Morgan fingerprint density at radius 1 is 1.00 bits per heavy atom. The van der Waals surface area contributed by atoms with Crippen LogP contribution in [0.3, 0.4) is 0 Å². The van der Waals surface area contributed by atoms with E-state index in [2.05, 4.69) is 5.10 Å². The molecule has 0 aromatic heterocycles. The summed E-state index contributed by atoms with van der Waals surface area (Å²) in [7, 11) is 3.20. The minimum Gasteiger partial charge on any atom is -0.497 e. The Balaban J connectivity index is 1.88. The maximum Gasteiger partial charge on any atom is 0.303 e. The van der Waals surface area contributed by atoms with Crippen molar-refractivity contribution in [3.63, 3.8) is 0 Å². The van der Waals surface area contributed by atoms with Crippen molar-refractivity contribution in [1.82, 2.24) is 5.01 Å². The van der Waals surface area contributed by atoms with E-state index >= 15 is 0 Å². The molecule has 0 saturated heterocycles. The van der Waals surface area contributed by atoms with E-state index in [9.17, 15) is 9.59 Å². The van der Waals surface area contributed by atoms with E-state index in [4.69, 9.17) is 14.6 Å². The van der Waals surface area contributed by atoms with Crippen LogP contribution in [0.5, 0.6) is 11.5 Å². The number of carboxylic acid groups (broad SMARTS) is 1. The first-order valence-corrected chi connectivity index (χ1v) is 8.91. The van der Waals surface area contributed by atoms with E-state index in [-0.39, 0.29) is 24.8 Å². The Kier molecular flexibility index (Phi) is 5.93. The molecule has 1 heterocycles. The molecule has 0 bridgehead atoms. The monoisotopic (exact) mass is 382 g/mol. The summed E-state index contributed by atoms with van der Waals surface area (Å²) in [6.45, 7) is 0. The third-order valence-corrected chi connectivity index (χ3v) is 4.64. The predicted octanol–water partition coefficient (Wildman–Crippen LogP) is 3.25. The fourth-order valence-electron chi connectivity index (χ4n) is 3.11. The molecule has 7 heteroatoms. The number of amides is 1. The summed E-state index contributed by atoms with van der Waals surface area (Å²) in [5, 5.41) is 14.8. The van der Waals surface area contributed by atoms with Gasteiger partial charge in [-0.2, -0.15) is 5.10 Å². The van der Waals surface area contributed by atoms with E-state index in [0.29, 0.717) is 6.42 Å². The van der Waals surface area contributed by atoms with Gasteiger partial charge in [-0.15, -0.1) is 0 Å². The van der Waals surface area contributed by atoms with Gasteiger partial charge in [0.05, 0.1) is 32.4 Å². The van der Waals surface area contributed by atoms with E-state index in [1.807, 2.05) is 48.5 Å². The quantitative estimate of drug-likeness (QED) is 0.794. The van der Waals surface area contributed by atoms with Crippen LogP contribution in [0.25, 0.3) is 0 Å². The molecule has 3 rings (SSSR count). The number of hydrazone groups is 1. The minimum absolute atomic E-state index is 0.0959. The van der Waals surface area contributed by atoms with Gasteiger partial charge in [0.2, 0.25) is 5.91 Å². The van der Waals surface area contributed by atoms with Gasteiger partial charge in [0.1, 0.15) is 11.5 Å². The molecule has 7 nitrogen and oxygen atoms in total. The number of carboxylic acids is 1. The molecular formula is C21H22N2O5. The van der Waals surface area contributed by atoms with Crippen LogP contribution in [0.4, 0.5) is 0 Å². The molecule has 1 aliphatic rings. The lowest BCUT2D eigenvalue weighted by molar-refractivity contribution is -0.141. The first kappa shape index (κ1) is 19.4. The van der Waals surface area contributed by atoms with Gasteiger partial charge in [-0.05, 0) is 47.5 Å². The lowest BCUT2D eigenvalue weighted by atomic mass is 9.98. The van der Waals surface area contributed by atoms with Crippen molar-refractivity contribution in [1.29, 1.82) is 0 Å². The van der Waals surface area contributed by atoms with Gasteiger partial charge in [0, 0.05) is 12.8 Å². The summed E-state index contributed by atoms with van der Waals surface area (Å²) in [6, 6.07) is 14.7. The second-order valence-electron chi connectivity index (χ2n) is 6.40. The summed E-state index contributed by atoms with van der Waals surface area (Å²) in [4.78, 5) is 23.5. The molecule has 0 fully saturated rings. The summed E-state index contributed by atoms with van der Waals surface area (Å²) in [6.07, 6.45) is 0.219. The highest BCUT2D eigenvalue weighted by atomic mass is 16.5. The van der Waals surface area contributed by atoms with Gasteiger partial charge >= 0.3 is 5.97 Å². The molecule has 146 valence electrons. The van der Waals surface area contributed by atoms with E-state index in [0.717, 1.165) is 28.3 Å².